The molecule has 0 aliphatic heterocycles. The molecule has 140 valence electrons. The highest BCUT2D eigenvalue weighted by Gasteiger charge is 2.10. The Morgan fingerprint density at radius 3 is 2.52 bits per heavy atom. The highest BCUT2D eigenvalue weighted by Crippen LogP contribution is 2.28. The van der Waals surface area contributed by atoms with Gasteiger partial charge in [-0.25, -0.2) is 4.98 Å². The quantitative estimate of drug-likeness (QED) is 0.618. The van der Waals surface area contributed by atoms with Crippen molar-refractivity contribution in [3.8, 4) is 16.3 Å². The van der Waals surface area contributed by atoms with Crippen LogP contribution in [0.25, 0.3) is 10.6 Å². The number of nitrogens with zero attached hydrogens (tertiary/aromatic N) is 1. The number of aromatic nitrogens is 1. The number of thiazole rings is 1. The molecule has 0 unspecified atom stereocenters. The van der Waals surface area contributed by atoms with Gasteiger partial charge in [-0.1, -0.05) is 41.4 Å². The van der Waals surface area contributed by atoms with E-state index >= 15 is 0 Å². The molecule has 1 heterocycles. The van der Waals surface area contributed by atoms with Crippen LogP contribution in [0.2, 0.25) is 5.02 Å². The third kappa shape index (κ3) is 5.55. The second-order valence-electron chi connectivity index (χ2n) is 6.24. The number of halogens is 1. The van der Waals surface area contributed by atoms with Crippen LogP contribution in [0.4, 0.5) is 0 Å². The van der Waals surface area contributed by atoms with Crippen LogP contribution in [0, 0.1) is 13.8 Å². The van der Waals surface area contributed by atoms with Gasteiger partial charge in [0.25, 0.3) is 5.91 Å². The van der Waals surface area contributed by atoms with Crippen LogP contribution in [0.5, 0.6) is 5.75 Å². The molecule has 1 aromatic heterocycles. The van der Waals surface area contributed by atoms with E-state index in [0.717, 1.165) is 28.2 Å². The van der Waals surface area contributed by atoms with Crippen LogP contribution in [0.3, 0.4) is 0 Å². The Balaban J connectivity index is 1.48. The maximum absolute atomic E-state index is 12.0. The zero-order valence-corrected chi connectivity index (χ0v) is 16.9. The molecule has 1 N–H and O–H groups in total. The minimum absolute atomic E-state index is 0.0146. The van der Waals surface area contributed by atoms with Crippen LogP contribution in [0.15, 0.2) is 48.5 Å². The normalized spacial score (nSPS) is 10.6. The number of aryl methyl sites for hydroxylation is 2. The number of ether oxygens (including phenoxy) is 1. The largest absolute Gasteiger partial charge is 0.484 e. The van der Waals surface area contributed by atoms with Crippen molar-refractivity contribution in [1.29, 1.82) is 0 Å². The molecule has 3 aromatic rings. The fourth-order valence-corrected chi connectivity index (χ4v) is 3.72. The summed E-state index contributed by atoms with van der Waals surface area (Å²) in [6.07, 6.45) is 0.743. The molecule has 0 radical (unpaired) electrons. The van der Waals surface area contributed by atoms with Gasteiger partial charge in [-0.15, -0.1) is 11.3 Å². The average Bonchev–Trinajstić information content (AvgIpc) is 3.02. The van der Waals surface area contributed by atoms with Gasteiger partial charge in [-0.3, -0.25) is 4.79 Å². The van der Waals surface area contributed by atoms with Crippen LogP contribution < -0.4 is 10.1 Å². The Morgan fingerprint density at radius 2 is 1.81 bits per heavy atom. The standard InChI is InChI=1S/C21H21ClN2O2S/c1-14-3-9-18(10-4-14)26-13-20(25)23-12-11-19-15(2)24-21(27-19)16-5-7-17(22)8-6-16/h3-10H,11-13H2,1-2H3,(H,23,25). The molecule has 1 amide bonds. The predicted octanol–water partition coefficient (Wildman–Crippen LogP) is 4.82. The minimum atomic E-state index is -0.129. The molecule has 0 aliphatic rings. The van der Waals surface area contributed by atoms with E-state index < -0.39 is 0 Å². The summed E-state index contributed by atoms with van der Waals surface area (Å²) in [7, 11) is 0. The van der Waals surface area contributed by atoms with Crippen molar-refractivity contribution in [2.24, 2.45) is 0 Å². The van der Waals surface area contributed by atoms with Gasteiger partial charge in [-0.05, 0) is 38.1 Å². The first-order valence-corrected chi connectivity index (χ1v) is 9.89. The summed E-state index contributed by atoms with van der Waals surface area (Å²) in [4.78, 5) is 17.8. The second-order valence-corrected chi connectivity index (χ2v) is 7.76. The van der Waals surface area contributed by atoms with Crippen LogP contribution in [-0.2, 0) is 11.2 Å². The van der Waals surface area contributed by atoms with E-state index in [9.17, 15) is 4.79 Å². The Hall–Kier alpha value is -2.37. The lowest BCUT2D eigenvalue weighted by molar-refractivity contribution is -0.123. The van der Waals surface area contributed by atoms with Crippen molar-refractivity contribution >= 4 is 28.8 Å². The molecule has 2 aromatic carbocycles. The SMILES string of the molecule is Cc1ccc(OCC(=O)NCCc2sc(-c3ccc(Cl)cc3)nc2C)cc1. The van der Waals surface area contributed by atoms with E-state index in [2.05, 4.69) is 10.3 Å². The van der Waals surface area contributed by atoms with E-state index in [-0.39, 0.29) is 12.5 Å². The Bertz CT molecular complexity index is 905. The summed E-state index contributed by atoms with van der Waals surface area (Å²) in [6, 6.07) is 15.3. The van der Waals surface area contributed by atoms with E-state index in [1.54, 1.807) is 11.3 Å². The smallest absolute Gasteiger partial charge is 0.257 e. The molecule has 0 atom stereocenters. The molecular formula is C21H21ClN2O2S. The molecule has 0 spiro atoms. The number of rotatable bonds is 7. The van der Waals surface area contributed by atoms with Crippen molar-refractivity contribution in [2.45, 2.75) is 20.3 Å². The Labute approximate surface area is 168 Å². The highest BCUT2D eigenvalue weighted by atomic mass is 35.5. The molecule has 0 saturated carbocycles. The number of hydrogen-bond acceptors (Lipinski definition) is 4. The topological polar surface area (TPSA) is 51.2 Å². The van der Waals surface area contributed by atoms with Crippen molar-refractivity contribution in [3.63, 3.8) is 0 Å². The molecule has 0 bridgehead atoms. The van der Waals surface area contributed by atoms with Gasteiger partial charge in [0.1, 0.15) is 10.8 Å². The van der Waals surface area contributed by atoms with Crippen molar-refractivity contribution in [1.82, 2.24) is 10.3 Å². The third-order valence-corrected chi connectivity index (χ3v) is 5.57. The summed E-state index contributed by atoms with van der Waals surface area (Å²) in [5.41, 5.74) is 3.20. The number of amides is 1. The van der Waals surface area contributed by atoms with Crippen molar-refractivity contribution in [2.75, 3.05) is 13.2 Å². The van der Waals surface area contributed by atoms with Crippen molar-refractivity contribution < 1.29 is 9.53 Å². The summed E-state index contributed by atoms with van der Waals surface area (Å²) in [5, 5.41) is 4.57. The van der Waals surface area contributed by atoms with Crippen LogP contribution >= 0.6 is 22.9 Å². The molecule has 4 nitrogen and oxygen atoms in total. The van der Waals surface area contributed by atoms with E-state index in [1.807, 2.05) is 62.4 Å². The van der Waals surface area contributed by atoms with E-state index in [0.29, 0.717) is 17.3 Å². The molecule has 6 heteroatoms. The number of carbonyl (C=O) groups excluding carboxylic acids is 1. The molecular weight excluding hydrogens is 380 g/mol. The second kappa shape index (κ2) is 9.02. The molecule has 0 saturated heterocycles. The molecule has 0 aliphatic carbocycles. The summed E-state index contributed by atoms with van der Waals surface area (Å²) in [6.45, 7) is 4.57. The Morgan fingerprint density at radius 1 is 1.11 bits per heavy atom. The molecule has 3 rings (SSSR count). The third-order valence-electron chi connectivity index (χ3n) is 4.05. The fraction of sp³-hybridized carbons (Fsp3) is 0.238. The maximum atomic E-state index is 12.0. The number of carbonyl (C=O) groups is 1. The monoisotopic (exact) mass is 400 g/mol. The fourth-order valence-electron chi connectivity index (χ4n) is 2.53. The van der Waals surface area contributed by atoms with Gasteiger partial charge in [0, 0.05) is 28.4 Å². The zero-order chi connectivity index (χ0) is 19.2. The van der Waals surface area contributed by atoms with Gasteiger partial charge in [-0.2, -0.15) is 0 Å². The first-order valence-electron chi connectivity index (χ1n) is 8.69. The first-order chi connectivity index (χ1) is 13.0. The lowest BCUT2D eigenvalue weighted by Crippen LogP contribution is -2.30. The van der Waals surface area contributed by atoms with E-state index in [1.165, 1.54) is 4.88 Å². The maximum Gasteiger partial charge on any atom is 0.257 e. The zero-order valence-electron chi connectivity index (χ0n) is 15.3. The molecule has 0 fully saturated rings. The summed E-state index contributed by atoms with van der Waals surface area (Å²) >= 11 is 7.58. The van der Waals surface area contributed by atoms with Crippen molar-refractivity contribution in [3.05, 3.63) is 69.7 Å². The summed E-state index contributed by atoms with van der Waals surface area (Å²) < 4.78 is 5.49. The lowest BCUT2D eigenvalue weighted by atomic mass is 10.2. The van der Waals surface area contributed by atoms with Gasteiger partial charge >= 0.3 is 0 Å². The van der Waals surface area contributed by atoms with Gasteiger partial charge in [0.15, 0.2) is 6.61 Å². The van der Waals surface area contributed by atoms with Gasteiger partial charge in [0.05, 0.1) is 5.69 Å². The number of hydrogen-bond donors (Lipinski definition) is 1. The van der Waals surface area contributed by atoms with Crippen LogP contribution in [0.1, 0.15) is 16.1 Å². The predicted molar refractivity (Wildman–Crippen MR) is 111 cm³/mol. The van der Waals surface area contributed by atoms with E-state index in [4.69, 9.17) is 16.3 Å². The average molecular weight is 401 g/mol. The number of benzene rings is 2. The lowest BCUT2D eigenvalue weighted by Gasteiger charge is -2.07. The minimum Gasteiger partial charge on any atom is -0.484 e. The number of nitrogens with one attached hydrogen (secondary N) is 1. The Kier molecular flexibility index (Phi) is 6.48. The highest BCUT2D eigenvalue weighted by molar-refractivity contribution is 7.15. The van der Waals surface area contributed by atoms with Gasteiger partial charge < -0.3 is 10.1 Å². The summed E-state index contributed by atoms with van der Waals surface area (Å²) in [5.74, 6) is 0.567. The van der Waals surface area contributed by atoms with Crippen LogP contribution in [-0.4, -0.2) is 24.0 Å². The van der Waals surface area contributed by atoms with Gasteiger partial charge in [0.2, 0.25) is 0 Å². The first kappa shape index (κ1) is 19.4. The molecule has 27 heavy (non-hydrogen) atoms.